The fourth-order valence-electron chi connectivity index (χ4n) is 11.1. The number of carbonyl (C=O) groups excluding carboxylic acids is 4. The second-order valence-corrected chi connectivity index (χ2v) is 30.2. The Balaban J connectivity index is 5.21. The van der Waals surface area contributed by atoms with E-state index >= 15 is 0 Å². The van der Waals surface area contributed by atoms with Crippen molar-refractivity contribution in [1.82, 2.24) is 0 Å². The SMILES string of the molecule is CCCCCCCCCCCCCCCCCCCCC(=O)O[C@H](COC(=O)CCCCCCCCCCCCCCC(C)C)COP(=O)(O)OC[C@@H](O)COP(=O)(O)OC[C@@H](COC(=O)CCCCCCCCCC)OC(=O)CCCCCCCCCCC(C)C. The van der Waals surface area contributed by atoms with E-state index in [-0.39, 0.29) is 25.7 Å². The van der Waals surface area contributed by atoms with Crippen molar-refractivity contribution in [2.24, 2.45) is 11.8 Å². The number of unbranched alkanes of at least 4 members (excludes halogenated alkanes) is 42. The number of aliphatic hydroxyl groups excluding tert-OH is 1. The first kappa shape index (κ1) is 90.1. The van der Waals surface area contributed by atoms with Gasteiger partial charge in [-0.3, -0.25) is 37.3 Å². The van der Waals surface area contributed by atoms with Gasteiger partial charge < -0.3 is 33.8 Å². The predicted molar refractivity (Wildman–Crippen MR) is 372 cm³/mol. The predicted octanol–water partition coefficient (Wildman–Crippen LogP) is 21.2. The summed E-state index contributed by atoms with van der Waals surface area (Å²) in [6.07, 6.45) is 51.5. The molecule has 0 heterocycles. The number of phosphoric acid groups is 2. The van der Waals surface area contributed by atoms with Crippen LogP contribution in [0.1, 0.15) is 375 Å². The van der Waals surface area contributed by atoms with Crippen LogP contribution in [0.4, 0.5) is 0 Å². The van der Waals surface area contributed by atoms with Crippen molar-refractivity contribution in [3.8, 4) is 0 Å². The van der Waals surface area contributed by atoms with Crippen molar-refractivity contribution in [3.63, 3.8) is 0 Å². The molecule has 0 aliphatic carbocycles. The maximum atomic E-state index is 13.1. The Morgan fingerprint density at radius 3 is 0.739 bits per heavy atom. The molecule has 92 heavy (non-hydrogen) atoms. The minimum Gasteiger partial charge on any atom is -0.462 e. The molecular weight excluding hydrogens is 1210 g/mol. The molecule has 0 aromatic carbocycles. The highest BCUT2D eigenvalue weighted by atomic mass is 31.2. The zero-order valence-corrected chi connectivity index (χ0v) is 61.6. The Bertz CT molecular complexity index is 1790. The molecule has 5 atom stereocenters. The number of hydrogen-bond acceptors (Lipinski definition) is 15. The summed E-state index contributed by atoms with van der Waals surface area (Å²) in [6.45, 7) is 9.52. The summed E-state index contributed by atoms with van der Waals surface area (Å²) in [6, 6.07) is 0. The molecule has 0 aliphatic heterocycles. The number of rotatable bonds is 72. The van der Waals surface area contributed by atoms with Gasteiger partial charge in [-0.25, -0.2) is 9.13 Å². The van der Waals surface area contributed by atoms with Crippen LogP contribution in [0.5, 0.6) is 0 Å². The lowest BCUT2D eigenvalue weighted by Crippen LogP contribution is -2.30. The summed E-state index contributed by atoms with van der Waals surface area (Å²) in [5.41, 5.74) is 0. The summed E-state index contributed by atoms with van der Waals surface area (Å²) in [4.78, 5) is 72.6. The average molecular weight is 1350 g/mol. The molecule has 2 unspecified atom stereocenters. The molecular formula is C73H142O17P2. The maximum Gasteiger partial charge on any atom is 0.472 e. The molecule has 19 heteroatoms. The first-order chi connectivity index (χ1) is 44.4. The summed E-state index contributed by atoms with van der Waals surface area (Å²) in [5, 5.41) is 10.6. The standard InChI is InChI=1S/C73H142O17P2/c1-7-9-11-13-15-17-18-19-20-21-22-23-24-29-32-39-45-51-57-72(77)89-69(62-84-71(76)56-50-44-38-31-28-26-25-27-30-35-41-47-53-65(3)4)64-88-92(81,82)86-60-67(74)59-85-91(79,80)87-63-68(61-83-70(75)55-49-43-37-16-14-12-10-8-2)90-73(78)58-52-46-40-34-33-36-42-48-54-66(5)6/h65-69,74H,7-64H2,1-6H3,(H,79,80)(H,81,82)/t67-,68+,69+/m0/s1. The van der Waals surface area contributed by atoms with Crippen LogP contribution >= 0.6 is 15.6 Å². The molecule has 0 aromatic rings. The van der Waals surface area contributed by atoms with E-state index in [0.29, 0.717) is 25.7 Å². The van der Waals surface area contributed by atoms with Gasteiger partial charge in [0.2, 0.25) is 0 Å². The van der Waals surface area contributed by atoms with Crippen LogP contribution in [0.2, 0.25) is 0 Å². The Labute approximate surface area is 562 Å². The largest absolute Gasteiger partial charge is 0.472 e. The van der Waals surface area contributed by atoms with Gasteiger partial charge in [0.05, 0.1) is 26.4 Å². The number of ether oxygens (including phenoxy) is 4. The second kappa shape index (κ2) is 65.0. The minimum absolute atomic E-state index is 0.104. The monoisotopic (exact) mass is 1350 g/mol. The Morgan fingerprint density at radius 2 is 0.500 bits per heavy atom. The van der Waals surface area contributed by atoms with Crippen molar-refractivity contribution in [1.29, 1.82) is 0 Å². The third-order valence-electron chi connectivity index (χ3n) is 17.0. The van der Waals surface area contributed by atoms with E-state index in [1.807, 2.05) is 0 Å². The molecule has 0 aromatic heterocycles. The van der Waals surface area contributed by atoms with Crippen LogP contribution < -0.4 is 0 Å². The zero-order chi connectivity index (χ0) is 67.9. The lowest BCUT2D eigenvalue weighted by molar-refractivity contribution is -0.161. The van der Waals surface area contributed by atoms with Crippen molar-refractivity contribution in [2.75, 3.05) is 39.6 Å². The van der Waals surface area contributed by atoms with E-state index < -0.39 is 97.5 Å². The smallest absolute Gasteiger partial charge is 0.462 e. The van der Waals surface area contributed by atoms with Crippen molar-refractivity contribution in [3.05, 3.63) is 0 Å². The average Bonchev–Trinajstić information content (AvgIpc) is 2.47. The van der Waals surface area contributed by atoms with Crippen molar-refractivity contribution >= 4 is 39.5 Å². The lowest BCUT2D eigenvalue weighted by atomic mass is 10.0. The van der Waals surface area contributed by atoms with E-state index in [0.717, 1.165) is 108 Å². The molecule has 0 bridgehead atoms. The number of carbonyl (C=O) groups is 4. The van der Waals surface area contributed by atoms with Crippen molar-refractivity contribution in [2.45, 2.75) is 394 Å². The van der Waals surface area contributed by atoms with Gasteiger partial charge >= 0.3 is 39.5 Å². The van der Waals surface area contributed by atoms with Gasteiger partial charge in [0.1, 0.15) is 19.3 Å². The molecule has 0 rings (SSSR count). The topological polar surface area (TPSA) is 237 Å². The normalized spacial score (nSPS) is 14.1. The van der Waals surface area contributed by atoms with Crippen LogP contribution in [-0.2, 0) is 65.4 Å². The van der Waals surface area contributed by atoms with Gasteiger partial charge in [-0.15, -0.1) is 0 Å². The molecule has 0 saturated carbocycles. The minimum atomic E-state index is -4.95. The van der Waals surface area contributed by atoms with Crippen LogP contribution in [0.25, 0.3) is 0 Å². The number of aliphatic hydroxyl groups is 1. The quantitative estimate of drug-likeness (QED) is 0.0222. The molecule has 0 fully saturated rings. The first-order valence-corrected chi connectivity index (χ1v) is 41.0. The molecule has 3 N–H and O–H groups in total. The van der Waals surface area contributed by atoms with Gasteiger partial charge in [-0.05, 0) is 37.5 Å². The van der Waals surface area contributed by atoms with Gasteiger partial charge in [0, 0.05) is 25.7 Å². The number of esters is 4. The van der Waals surface area contributed by atoms with Gasteiger partial charge in [-0.2, -0.15) is 0 Å². The Morgan fingerprint density at radius 1 is 0.293 bits per heavy atom. The summed E-state index contributed by atoms with van der Waals surface area (Å²) in [5.74, 6) is -0.623. The molecule has 0 radical (unpaired) electrons. The summed E-state index contributed by atoms with van der Waals surface area (Å²) in [7, 11) is -9.90. The first-order valence-electron chi connectivity index (χ1n) is 38.0. The molecule has 17 nitrogen and oxygen atoms in total. The molecule has 0 spiro atoms. The van der Waals surface area contributed by atoms with Gasteiger partial charge in [0.15, 0.2) is 12.2 Å². The number of phosphoric ester groups is 2. The van der Waals surface area contributed by atoms with Gasteiger partial charge in [-0.1, -0.05) is 324 Å². The van der Waals surface area contributed by atoms with Gasteiger partial charge in [0.25, 0.3) is 0 Å². The molecule has 0 aliphatic rings. The molecule has 0 amide bonds. The number of hydrogen-bond donors (Lipinski definition) is 3. The molecule has 546 valence electrons. The van der Waals surface area contributed by atoms with E-state index in [4.69, 9.17) is 37.0 Å². The Kier molecular flexibility index (Phi) is 63.7. The van der Waals surface area contributed by atoms with Crippen LogP contribution in [0, 0.1) is 11.8 Å². The summed E-state index contributed by atoms with van der Waals surface area (Å²) < 4.78 is 68.3. The van der Waals surface area contributed by atoms with Crippen LogP contribution in [0.3, 0.4) is 0 Å². The fourth-order valence-corrected chi connectivity index (χ4v) is 12.7. The highest BCUT2D eigenvalue weighted by Crippen LogP contribution is 2.45. The van der Waals surface area contributed by atoms with E-state index in [9.17, 15) is 43.2 Å². The third kappa shape index (κ3) is 66.7. The lowest BCUT2D eigenvalue weighted by Gasteiger charge is -2.21. The van der Waals surface area contributed by atoms with E-state index in [2.05, 4.69) is 41.5 Å². The van der Waals surface area contributed by atoms with E-state index in [1.54, 1.807) is 0 Å². The highest BCUT2D eigenvalue weighted by Gasteiger charge is 2.30. The maximum absolute atomic E-state index is 13.1. The molecule has 0 saturated heterocycles. The van der Waals surface area contributed by atoms with Crippen molar-refractivity contribution < 1.29 is 80.2 Å². The second-order valence-electron chi connectivity index (χ2n) is 27.3. The van der Waals surface area contributed by atoms with E-state index in [1.165, 1.54) is 186 Å². The van der Waals surface area contributed by atoms with Crippen LogP contribution in [-0.4, -0.2) is 96.7 Å². The third-order valence-corrected chi connectivity index (χ3v) is 18.9. The fraction of sp³-hybridized carbons (Fsp3) is 0.945. The summed E-state index contributed by atoms with van der Waals surface area (Å²) >= 11 is 0. The highest BCUT2D eigenvalue weighted by molar-refractivity contribution is 7.47. The zero-order valence-electron chi connectivity index (χ0n) is 59.9. The van der Waals surface area contributed by atoms with Crippen LogP contribution in [0.15, 0.2) is 0 Å². The Hall–Kier alpha value is -1.94.